The van der Waals surface area contributed by atoms with E-state index >= 15 is 0 Å². The normalized spacial score (nSPS) is 31.7. The fraction of sp³-hybridized carbons (Fsp3) is 0.588. The second-order valence-electron chi connectivity index (χ2n) is 6.32. The van der Waals surface area contributed by atoms with Crippen molar-refractivity contribution in [2.75, 3.05) is 6.54 Å². The van der Waals surface area contributed by atoms with Gasteiger partial charge in [-0.25, -0.2) is 0 Å². The first-order valence-electron chi connectivity index (χ1n) is 7.62. The molecule has 1 saturated heterocycles. The first-order valence-corrected chi connectivity index (χ1v) is 7.62. The molecule has 0 bridgehead atoms. The monoisotopic (exact) mass is 290 g/mol. The Hall–Kier alpha value is -1.39. The number of rotatable bonds is 4. The predicted octanol–water partition coefficient (Wildman–Crippen LogP) is 2.04. The van der Waals surface area contributed by atoms with E-state index in [9.17, 15) is 4.79 Å². The highest BCUT2D eigenvalue weighted by Crippen LogP contribution is 2.33. The summed E-state index contributed by atoms with van der Waals surface area (Å²) in [4.78, 5) is 12.7. The van der Waals surface area contributed by atoms with Gasteiger partial charge in [0, 0.05) is 6.54 Å². The van der Waals surface area contributed by atoms with Gasteiger partial charge in [0.15, 0.2) is 0 Å². The summed E-state index contributed by atoms with van der Waals surface area (Å²) < 4.78 is 5.77. The number of amides is 1. The van der Waals surface area contributed by atoms with Crippen molar-refractivity contribution >= 4 is 5.91 Å². The van der Waals surface area contributed by atoms with Gasteiger partial charge in [-0.3, -0.25) is 4.79 Å². The van der Waals surface area contributed by atoms with Crippen LogP contribution in [0.5, 0.6) is 0 Å². The van der Waals surface area contributed by atoms with E-state index in [4.69, 9.17) is 10.5 Å². The van der Waals surface area contributed by atoms with Crippen LogP contribution in [0.1, 0.15) is 33.3 Å². The van der Waals surface area contributed by atoms with Gasteiger partial charge in [-0.2, -0.15) is 0 Å². The SMILES string of the molecule is CC1OC(C)C(C(=O)NC(C)(CN)c2ccccc2)C1C. The van der Waals surface area contributed by atoms with Gasteiger partial charge < -0.3 is 15.8 Å². The van der Waals surface area contributed by atoms with Gasteiger partial charge in [-0.1, -0.05) is 37.3 Å². The molecule has 0 radical (unpaired) electrons. The minimum absolute atomic E-state index is 0.0242. The molecule has 1 aromatic rings. The van der Waals surface area contributed by atoms with Crippen molar-refractivity contribution in [3.63, 3.8) is 0 Å². The second kappa shape index (κ2) is 6.16. The van der Waals surface area contributed by atoms with Crippen LogP contribution >= 0.6 is 0 Å². The molecule has 2 rings (SSSR count). The minimum Gasteiger partial charge on any atom is -0.374 e. The molecule has 5 atom stereocenters. The third-order valence-electron chi connectivity index (χ3n) is 4.76. The quantitative estimate of drug-likeness (QED) is 0.892. The van der Waals surface area contributed by atoms with Crippen molar-refractivity contribution in [1.82, 2.24) is 5.32 Å². The lowest BCUT2D eigenvalue weighted by Gasteiger charge is -2.32. The molecule has 1 aliphatic rings. The molecule has 0 aromatic heterocycles. The van der Waals surface area contributed by atoms with E-state index in [0.29, 0.717) is 6.54 Å². The number of carbonyl (C=O) groups excluding carboxylic acids is 1. The van der Waals surface area contributed by atoms with Gasteiger partial charge in [-0.15, -0.1) is 0 Å². The molecule has 1 fully saturated rings. The Balaban J connectivity index is 2.17. The standard InChI is InChI=1S/C17H26N2O2/c1-11-12(2)21-13(3)15(11)16(20)19-17(4,10-18)14-8-6-5-7-9-14/h5-9,11-13,15H,10,18H2,1-4H3,(H,19,20). The van der Waals surface area contributed by atoms with E-state index in [1.807, 2.05) is 51.1 Å². The van der Waals surface area contributed by atoms with E-state index in [0.717, 1.165) is 5.56 Å². The summed E-state index contributed by atoms with van der Waals surface area (Å²) in [6, 6.07) is 9.86. The van der Waals surface area contributed by atoms with Crippen LogP contribution in [-0.4, -0.2) is 24.7 Å². The molecule has 4 heteroatoms. The summed E-state index contributed by atoms with van der Waals surface area (Å²) in [5.41, 5.74) is 6.41. The van der Waals surface area contributed by atoms with E-state index in [-0.39, 0.29) is 30.0 Å². The highest BCUT2D eigenvalue weighted by Gasteiger charge is 2.43. The smallest absolute Gasteiger partial charge is 0.226 e. The highest BCUT2D eigenvalue weighted by molar-refractivity contribution is 5.81. The van der Waals surface area contributed by atoms with E-state index in [2.05, 4.69) is 12.2 Å². The summed E-state index contributed by atoms with van der Waals surface area (Å²) in [6.45, 7) is 8.38. The zero-order valence-electron chi connectivity index (χ0n) is 13.3. The number of carbonyl (C=O) groups is 1. The average molecular weight is 290 g/mol. The van der Waals surface area contributed by atoms with E-state index < -0.39 is 5.54 Å². The molecular formula is C17H26N2O2. The van der Waals surface area contributed by atoms with Crippen molar-refractivity contribution in [3.8, 4) is 0 Å². The third kappa shape index (κ3) is 3.11. The second-order valence-corrected chi connectivity index (χ2v) is 6.32. The summed E-state index contributed by atoms with van der Waals surface area (Å²) in [7, 11) is 0. The van der Waals surface area contributed by atoms with Crippen LogP contribution in [0.4, 0.5) is 0 Å². The van der Waals surface area contributed by atoms with Crippen molar-refractivity contribution < 1.29 is 9.53 Å². The lowest BCUT2D eigenvalue weighted by molar-refractivity contribution is -0.129. The maximum atomic E-state index is 12.7. The lowest BCUT2D eigenvalue weighted by Crippen LogP contribution is -2.52. The lowest BCUT2D eigenvalue weighted by atomic mass is 9.86. The maximum Gasteiger partial charge on any atom is 0.226 e. The zero-order valence-corrected chi connectivity index (χ0v) is 13.3. The van der Waals surface area contributed by atoms with E-state index in [1.165, 1.54) is 0 Å². The Kier molecular flexibility index (Phi) is 4.69. The zero-order chi connectivity index (χ0) is 15.6. The first kappa shape index (κ1) is 16.0. The van der Waals surface area contributed by atoms with Gasteiger partial charge in [0.1, 0.15) is 0 Å². The summed E-state index contributed by atoms with van der Waals surface area (Å²) >= 11 is 0. The Bertz CT molecular complexity index is 491. The predicted molar refractivity (Wildman–Crippen MR) is 83.7 cm³/mol. The van der Waals surface area contributed by atoms with Crippen molar-refractivity contribution in [3.05, 3.63) is 35.9 Å². The van der Waals surface area contributed by atoms with Gasteiger partial charge in [0.05, 0.1) is 23.7 Å². The molecule has 1 aromatic carbocycles. The summed E-state index contributed by atoms with van der Waals surface area (Å²) in [5, 5.41) is 3.14. The van der Waals surface area contributed by atoms with Gasteiger partial charge >= 0.3 is 0 Å². The molecule has 0 spiro atoms. The number of hydrogen-bond acceptors (Lipinski definition) is 3. The topological polar surface area (TPSA) is 64.3 Å². The number of nitrogens with two attached hydrogens (primary N) is 1. The van der Waals surface area contributed by atoms with Crippen LogP contribution in [0.2, 0.25) is 0 Å². The van der Waals surface area contributed by atoms with Crippen LogP contribution in [0, 0.1) is 11.8 Å². The number of hydrogen-bond donors (Lipinski definition) is 2. The van der Waals surface area contributed by atoms with Crippen LogP contribution in [-0.2, 0) is 15.1 Å². The summed E-state index contributed by atoms with van der Waals surface area (Å²) in [6.07, 6.45) is 0.0457. The maximum absolute atomic E-state index is 12.7. The molecule has 0 aliphatic carbocycles. The van der Waals surface area contributed by atoms with Crippen molar-refractivity contribution in [2.45, 2.75) is 45.4 Å². The Labute approximate surface area is 127 Å². The molecule has 21 heavy (non-hydrogen) atoms. The fourth-order valence-electron chi connectivity index (χ4n) is 3.12. The molecule has 4 nitrogen and oxygen atoms in total. The molecule has 0 saturated carbocycles. The minimum atomic E-state index is -0.552. The third-order valence-corrected chi connectivity index (χ3v) is 4.76. The van der Waals surface area contributed by atoms with Gasteiger partial charge in [0.25, 0.3) is 0 Å². The van der Waals surface area contributed by atoms with Gasteiger partial charge in [-0.05, 0) is 32.3 Å². The molecule has 1 amide bonds. The highest BCUT2D eigenvalue weighted by atomic mass is 16.5. The number of nitrogens with one attached hydrogen (secondary N) is 1. The number of ether oxygens (including phenoxy) is 1. The van der Waals surface area contributed by atoms with Crippen LogP contribution in [0.3, 0.4) is 0 Å². The Morgan fingerprint density at radius 1 is 1.24 bits per heavy atom. The van der Waals surface area contributed by atoms with Crippen molar-refractivity contribution in [2.24, 2.45) is 17.6 Å². The molecular weight excluding hydrogens is 264 g/mol. The largest absolute Gasteiger partial charge is 0.374 e. The molecule has 5 unspecified atom stereocenters. The molecule has 1 heterocycles. The molecule has 116 valence electrons. The van der Waals surface area contributed by atoms with Gasteiger partial charge in [0.2, 0.25) is 5.91 Å². The number of benzene rings is 1. The molecule has 1 aliphatic heterocycles. The Morgan fingerprint density at radius 2 is 1.86 bits per heavy atom. The van der Waals surface area contributed by atoms with E-state index in [1.54, 1.807) is 0 Å². The summed E-state index contributed by atoms with van der Waals surface area (Å²) in [5.74, 6) is 0.100. The average Bonchev–Trinajstić information content (AvgIpc) is 2.73. The van der Waals surface area contributed by atoms with Crippen LogP contribution < -0.4 is 11.1 Å². The fourth-order valence-corrected chi connectivity index (χ4v) is 3.12. The molecule has 3 N–H and O–H groups in total. The van der Waals surface area contributed by atoms with Crippen molar-refractivity contribution in [1.29, 1.82) is 0 Å². The van der Waals surface area contributed by atoms with Crippen LogP contribution in [0.15, 0.2) is 30.3 Å². The Morgan fingerprint density at radius 3 is 2.33 bits per heavy atom. The first-order chi connectivity index (χ1) is 9.89. The van der Waals surface area contributed by atoms with Crippen LogP contribution in [0.25, 0.3) is 0 Å².